The Bertz CT molecular complexity index is 554. The Morgan fingerprint density at radius 1 is 1.30 bits per heavy atom. The van der Waals surface area contributed by atoms with Crippen LogP contribution in [0.1, 0.15) is 24.8 Å². The predicted molar refractivity (Wildman–Crippen MR) is 76.6 cm³/mol. The summed E-state index contributed by atoms with van der Waals surface area (Å²) in [6, 6.07) is 4.96. The SMILES string of the molecule is COc1ccc(CN)cc1S(=O)(=O)NN1CCCCC1. The third-order valence-electron chi connectivity index (χ3n) is 3.36. The molecule has 0 spiro atoms. The van der Waals surface area contributed by atoms with Gasteiger partial charge in [-0.15, -0.1) is 4.83 Å². The fourth-order valence-corrected chi connectivity index (χ4v) is 3.61. The van der Waals surface area contributed by atoms with Crippen LogP contribution >= 0.6 is 0 Å². The number of rotatable bonds is 5. The van der Waals surface area contributed by atoms with Crippen LogP contribution in [0.3, 0.4) is 0 Å². The minimum Gasteiger partial charge on any atom is -0.495 e. The summed E-state index contributed by atoms with van der Waals surface area (Å²) in [6.07, 6.45) is 3.15. The van der Waals surface area contributed by atoms with Gasteiger partial charge in [0, 0.05) is 19.6 Å². The summed E-state index contributed by atoms with van der Waals surface area (Å²) >= 11 is 0. The van der Waals surface area contributed by atoms with E-state index in [1.54, 1.807) is 23.2 Å². The molecule has 0 aromatic heterocycles. The van der Waals surface area contributed by atoms with Gasteiger partial charge < -0.3 is 10.5 Å². The molecule has 1 aromatic carbocycles. The molecule has 1 aliphatic rings. The zero-order valence-corrected chi connectivity index (χ0v) is 12.4. The highest BCUT2D eigenvalue weighted by atomic mass is 32.2. The van der Waals surface area contributed by atoms with Crippen LogP contribution in [0.4, 0.5) is 0 Å². The van der Waals surface area contributed by atoms with Crippen molar-refractivity contribution in [1.82, 2.24) is 9.84 Å². The first kappa shape index (κ1) is 15.2. The Labute approximate surface area is 119 Å². The quantitative estimate of drug-likeness (QED) is 0.841. The van der Waals surface area contributed by atoms with Crippen LogP contribution < -0.4 is 15.3 Å². The molecule has 1 heterocycles. The molecule has 3 N–H and O–H groups in total. The van der Waals surface area contributed by atoms with Crippen LogP contribution in [0.5, 0.6) is 5.75 Å². The number of hydrogen-bond donors (Lipinski definition) is 2. The van der Waals surface area contributed by atoms with Crippen LogP contribution in [0.15, 0.2) is 23.1 Å². The number of hydrogen-bond acceptors (Lipinski definition) is 5. The summed E-state index contributed by atoms with van der Waals surface area (Å²) in [4.78, 5) is 2.76. The van der Waals surface area contributed by atoms with E-state index in [0.29, 0.717) is 5.75 Å². The van der Waals surface area contributed by atoms with Crippen LogP contribution in [0, 0.1) is 0 Å². The van der Waals surface area contributed by atoms with Crippen molar-refractivity contribution in [3.63, 3.8) is 0 Å². The molecule has 7 heteroatoms. The first-order valence-electron chi connectivity index (χ1n) is 6.71. The number of nitrogens with zero attached hydrogens (tertiary/aromatic N) is 1. The Kier molecular flexibility index (Phi) is 4.98. The Morgan fingerprint density at radius 3 is 2.60 bits per heavy atom. The topological polar surface area (TPSA) is 84.7 Å². The fourth-order valence-electron chi connectivity index (χ4n) is 2.26. The van der Waals surface area contributed by atoms with Gasteiger partial charge in [-0.1, -0.05) is 12.5 Å². The number of ether oxygens (including phenoxy) is 1. The van der Waals surface area contributed by atoms with Gasteiger partial charge in [0.25, 0.3) is 10.0 Å². The first-order chi connectivity index (χ1) is 9.56. The maximum absolute atomic E-state index is 12.5. The number of benzene rings is 1. The molecule has 6 nitrogen and oxygen atoms in total. The number of methoxy groups -OCH3 is 1. The van der Waals surface area contributed by atoms with Gasteiger partial charge in [0.2, 0.25) is 0 Å². The van der Waals surface area contributed by atoms with Crippen molar-refractivity contribution in [1.29, 1.82) is 0 Å². The van der Waals surface area contributed by atoms with Crippen molar-refractivity contribution in [2.45, 2.75) is 30.7 Å². The van der Waals surface area contributed by atoms with Crippen LogP contribution in [-0.4, -0.2) is 33.6 Å². The van der Waals surface area contributed by atoms with Gasteiger partial charge in [0.05, 0.1) is 7.11 Å². The lowest BCUT2D eigenvalue weighted by Gasteiger charge is -2.27. The van der Waals surface area contributed by atoms with Crippen LogP contribution in [0.25, 0.3) is 0 Å². The van der Waals surface area contributed by atoms with Crippen molar-refractivity contribution in [3.05, 3.63) is 23.8 Å². The highest BCUT2D eigenvalue weighted by Crippen LogP contribution is 2.25. The number of sulfonamides is 1. The Morgan fingerprint density at radius 2 is 2.00 bits per heavy atom. The van der Waals surface area contributed by atoms with Crippen molar-refractivity contribution in [3.8, 4) is 5.75 Å². The summed E-state index contributed by atoms with van der Waals surface area (Å²) in [6.45, 7) is 1.76. The van der Waals surface area contributed by atoms with Crippen molar-refractivity contribution in [2.24, 2.45) is 5.73 Å². The van der Waals surface area contributed by atoms with Crippen molar-refractivity contribution in [2.75, 3.05) is 20.2 Å². The molecular weight excluding hydrogens is 278 g/mol. The number of nitrogens with two attached hydrogens (primary N) is 1. The second-order valence-electron chi connectivity index (χ2n) is 4.83. The molecule has 112 valence electrons. The maximum Gasteiger partial charge on any atom is 0.257 e. The lowest BCUT2D eigenvalue weighted by Crippen LogP contribution is -2.45. The fraction of sp³-hybridized carbons (Fsp3) is 0.538. The molecule has 1 aliphatic heterocycles. The zero-order valence-electron chi connectivity index (χ0n) is 11.6. The van der Waals surface area contributed by atoms with Gasteiger partial charge >= 0.3 is 0 Å². The smallest absolute Gasteiger partial charge is 0.257 e. The summed E-state index contributed by atoms with van der Waals surface area (Å²) in [5.74, 6) is 0.326. The summed E-state index contributed by atoms with van der Waals surface area (Å²) < 4.78 is 30.1. The molecule has 20 heavy (non-hydrogen) atoms. The average Bonchev–Trinajstić information content (AvgIpc) is 2.47. The molecule has 0 bridgehead atoms. The van der Waals surface area contributed by atoms with Crippen LogP contribution in [-0.2, 0) is 16.6 Å². The zero-order chi connectivity index (χ0) is 14.6. The molecule has 0 aliphatic carbocycles. The third-order valence-corrected chi connectivity index (χ3v) is 4.76. The largest absolute Gasteiger partial charge is 0.495 e. The van der Waals surface area contributed by atoms with Gasteiger partial charge in [0.1, 0.15) is 10.6 Å². The standard InChI is InChI=1S/C13H21N3O3S/c1-19-12-6-5-11(10-14)9-13(12)20(17,18)15-16-7-3-2-4-8-16/h5-6,9,15H,2-4,7-8,10,14H2,1H3. The second-order valence-corrected chi connectivity index (χ2v) is 6.46. The molecule has 0 saturated carbocycles. The van der Waals surface area contributed by atoms with E-state index in [0.717, 1.165) is 37.9 Å². The first-order valence-corrected chi connectivity index (χ1v) is 8.19. The second kappa shape index (κ2) is 6.53. The van der Waals surface area contributed by atoms with Gasteiger partial charge in [-0.2, -0.15) is 0 Å². The number of piperidine rings is 1. The number of nitrogens with one attached hydrogen (secondary N) is 1. The normalized spacial score (nSPS) is 17.1. The van der Waals surface area contributed by atoms with E-state index in [9.17, 15) is 8.42 Å². The highest BCUT2D eigenvalue weighted by molar-refractivity contribution is 7.89. The van der Waals surface area contributed by atoms with Gasteiger partial charge in [0.15, 0.2) is 0 Å². The lowest BCUT2D eigenvalue weighted by atomic mass is 10.2. The molecular formula is C13H21N3O3S. The number of hydrazine groups is 1. The van der Waals surface area contributed by atoms with Gasteiger partial charge in [-0.25, -0.2) is 13.4 Å². The average molecular weight is 299 g/mol. The minimum atomic E-state index is -3.64. The van der Waals surface area contributed by atoms with Crippen LogP contribution in [0.2, 0.25) is 0 Å². The van der Waals surface area contributed by atoms with E-state index < -0.39 is 10.0 Å². The highest BCUT2D eigenvalue weighted by Gasteiger charge is 2.23. The molecule has 0 atom stereocenters. The molecule has 1 aromatic rings. The molecule has 1 fully saturated rings. The van der Waals surface area contributed by atoms with Crippen molar-refractivity contribution < 1.29 is 13.2 Å². The van der Waals surface area contributed by atoms with Gasteiger partial charge in [-0.05, 0) is 30.5 Å². The summed E-state index contributed by atoms with van der Waals surface area (Å²) in [7, 11) is -2.18. The van der Waals surface area contributed by atoms with E-state index in [1.807, 2.05) is 0 Å². The minimum absolute atomic E-state index is 0.133. The maximum atomic E-state index is 12.5. The molecule has 0 unspecified atom stereocenters. The third kappa shape index (κ3) is 3.49. The molecule has 2 rings (SSSR count). The Hall–Kier alpha value is -1.15. The summed E-state index contributed by atoms with van der Waals surface area (Å²) in [5.41, 5.74) is 6.33. The molecule has 1 saturated heterocycles. The molecule has 0 amide bonds. The van der Waals surface area contributed by atoms with E-state index in [4.69, 9.17) is 10.5 Å². The van der Waals surface area contributed by atoms with E-state index in [2.05, 4.69) is 4.83 Å². The predicted octanol–water partition coefficient (Wildman–Crippen LogP) is 0.833. The monoisotopic (exact) mass is 299 g/mol. The van der Waals surface area contributed by atoms with Crippen molar-refractivity contribution >= 4 is 10.0 Å². The van der Waals surface area contributed by atoms with E-state index in [-0.39, 0.29) is 11.4 Å². The van der Waals surface area contributed by atoms with E-state index in [1.165, 1.54) is 7.11 Å². The van der Waals surface area contributed by atoms with E-state index >= 15 is 0 Å². The molecule has 0 radical (unpaired) electrons. The Balaban J connectivity index is 2.27. The lowest BCUT2D eigenvalue weighted by molar-refractivity contribution is 0.199. The summed E-state index contributed by atoms with van der Waals surface area (Å²) in [5, 5.41) is 1.74. The van der Waals surface area contributed by atoms with Gasteiger partial charge in [-0.3, -0.25) is 0 Å².